The number of nitro benzene ring substituents is 1. The van der Waals surface area contributed by atoms with Crippen LogP contribution in [-0.4, -0.2) is 21.6 Å². The third-order valence-corrected chi connectivity index (χ3v) is 3.64. The van der Waals surface area contributed by atoms with Gasteiger partial charge >= 0.3 is 0 Å². The molecule has 0 bridgehead atoms. The van der Waals surface area contributed by atoms with E-state index in [1.54, 1.807) is 24.3 Å². The van der Waals surface area contributed by atoms with Crippen molar-refractivity contribution < 1.29 is 14.5 Å². The highest BCUT2D eigenvalue weighted by Gasteiger charge is 2.40. The summed E-state index contributed by atoms with van der Waals surface area (Å²) in [6.45, 7) is -0.104. The van der Waals surface area contributed by atoms with E-state index in [0.29, 0.717) is 11.1 Å². The zero-order chi connectivity index (χ0) is 16.6. The van der Waals surface area contributed by atoms with Crippen molar-refractivity contribution in [3.8, 4) is 6.07 Å². The lowest BCUT2D eigenvalue weighted by Crippen LogP contribution is -2.29. The Morgan fingerprint density at radius 1 is 1.09 bits per heavy atom. The summed E-state index contributed by atoms with van der Waals surface area (Å²) in [6, 6.07) is 12.5. The van der Waals surface area contributed by atoms with Crippen molar-refractivity contribution >= 4 is 17.5 Å². The number of hydrogen-bond donors (Lipinski definition) is 0. The minimum Gasteiger partial charge on any atom is -0.270 e. The van der Waals surface area contributed by atoms with Gasteiger partial charge < -0.3 is 0 Å². The fourth-order valence-corrected chi connectivity index (χ4v) is 2.55. The Bertz CT molecular complexity index is 898. The zero-order valence-electron chi connectivity index (χ0n) is 11.7. The van der Waals surface area contributed by atoms with Crippen LogP contribution in [0.3, 0.4) is 0 Å². The van der Waals surface area contributed by atoms with Gasteiger partial charge in [-0.05, 0) is 17.7 Å². The molecular weight excluding hydrogens is 298 g/mol. The monoisotopic (exact) mass is 307 g/mol. The van der Waals surface area contributed by atoms with Crippen LogP contribution in [0.4, 0.5) is 5.69 Å². The average molecular weight is 307 g/mol. The van der Waals surface area contributed by atoms with E-state index in [1.807, 2.05) is 6.07 Å². The van der Waals surface area contributed by atoms with Gasteiger partial charge in [-0.2, -0.15) is 5.26 Å². The number of nitro groups is 1. The van der Waals surface area contributed by atoms with E-state index in [-0.39, 0.29) is 17.7 Å². The van der Waals surface area contributed by atoms with Crippen molar-refractivity contribution in [3.63, 3.8) is 0 Å². The Labute approximate surface area is 130 Å². The number of benzene rings is 2. The van der Waals surface area contributed by atoms with Crippen molar-refractivity contribution in [1.29, 1.82) is 5.26 Å². The SMILES string of the molecule is N#Cc1ccccc1CN1C(=O)c2cccc([N+](=O)[O-])c2C1=O. The molecule has 2 amide bonds. The van der Waals surface area contributed by atoms with E-state index >= 15 is 0 Å². The molecule has 0 aromatic heterocycles. The predicted molar refractivity (Wildman–Crippen MR) is 78.5 cm³/mol. The molecule has 0 atom stereocenters. The largest absolute Gasteiger partial charge is 0.282 e. The lowest BCUT2D eigenvalue weighted by Gasteiger charge is -2.14. The molecule has 0 fully saturated rings. The topological polar surface area (TPSA) is 104 Å². The molecule has 0 N–H and O–H groups in total. The van der Waals surface area contributed by atoms with Crippen molar-refractivity contribution in [2.45, 2.75) is 6.54 Å². The van der Waals surface area contributed by atoms with Crippen LogP contribution in [0.5, 0.6) is 0 Å². The number of imide groups is 1. The number of rotatable bonds is 3. The molecule has 0 saturated carbocycles. The molecule has 0 radical (unpaired) electrons. The standard InChI is InChI=1S/C16H9N3O4/c17-8-10-4-1-2-5-11(10)9-18-15(20)12-6-3-7-13(19(22)23)14(12)16(18)21/h1-7H,9H2. The second kappa shape index (κ2) is 5.35. The molecule has 0 saturated heterocycles. The van der Waals surface area contributed by atoms with Crippen LogP contribution in [0, 0.1) is 21.4 Å². The van der Waals surface area contributed by atoms with E-state index in [1.165, 1.54) is 18.2 Å². The summed E-state index contributed by atoms with van der Waals surface area (Å²) in [7, 11) is 0. The first-order valence-corrected chi connectivity index (χ1v) is 6.66. The Balaban J connectivity index is 2.03. The molecule has 1 heterocycles. The van der Waals surface area contributed by atoms with Gasteiger partial charge in [0.25, 0.3) is 17.5 Å². The Morgan fingerprint density at radius 3 is 2.52 bits per heavy atom. The smallest absolute Gasteiger partial charge is 0.270 e. The maximum absolute atomic E-state index is 12.5. The van der Waals surface area contributed by atoms with E-state index in [9.17, 15) is 19.7 Å². The molecule has 7 heteroatoms. The van der Waals surface area contributed by atoms with Gasteiger partial charge in [0, 0.05) is 6.07 Å². The van der Waals surface area contributed by atoms with Crippen molar-refractivity contribution in [3.05, 3.63) is 74.8 Å². The third kappa shape index (κ3) is 2.22. The van der Waals surface area contributed by atoms with Gasteiger partial charge in [0.1, 0.15) is 5.56 Å². The van der Waals surface area contributed by atoms with Gasteiger partial charge in [-0.15, -0.1) is 0 Å². The summed E-state index contributed by atoms with van der Waals surface area (Å²) in [4.78, 5) is 36.1. The zero-order valence-corrected chi connectivity index (χ0v) is 11.7. The van der Waals surface area contributed by atoms with Gasteiger partial charge in [0.2, 0.25) is 0 Å². The predicted octanol–water partition coefficient (Wildman–Crippen LogP) is 2.26. The lowest BCUT2D eigenvalue weighted by atomic mass is 10.1. The summed E-state index contributed by atoms with van der Waals surface area (Å²) in [6.07, 6.45) is 0. The maximum atomic E-state index is 12.5. The Hall–Kier alpha value is -3.53. The number of hydrogen-bond acceptors (Lipinski definition) is 5. The minimum absolute atomic E-state index is 0.0126. The van der Waals surface area contributed by atoms with Crippen LogP contribution in [0.2, 0.25) is 0 Å². The molecule has 0 unspecified atom stereocenters. The fourth-order valence-electron chi connectivity index (χ4n) is 2.55. The van der Waals surface area contributed by atoms with Gasteiger partial charge in [-0.3, -0.25) is 24.6 Å². The van der Waals surface area contributed by atoms with Crippen LogP contribution < -0.4 is 0 Å². The van der Waals surface area contributed by atoms with Crippen LogP contribution in [-0.2, 0) is 6.54 Å². The molecule has 7 nitrogen and oxygen atoms in total. The fraction of sp³-hybridized carbons (Fsp3) is 0.0625. The van der Waals surface area contributed by atoms with E-state index in [0.717, 1.165) is 4.90 Å². The summed E-state index contributed by atoms with van der Waals surface area (Å²) in [5, 5.41) is 20.1. The Morgan fingerprint density at radius 2 is 1.83 bits per heavy atom. The highest BCUT2D eigenvalue weighted by Crippen LogP contribution is 2.31. The Kier molecular flexibility index (Phi) is 3.35. The van der Waals surface area contributed by atoms with Crippen molar-refractivity contribution in [1.82, 2.24) is 4.90 Å². The molecular formula is C16H9N3O4. The molecule has 2 aromatic rings. The molecule has 1 aliphatic heterocycles. The van der Waals surface area contributed by atoms with Crippen LogP contribution in [0.15, 0.2) is 42.5 Å². The summed E-state index contributed by atoms with van der Waals surface area (Å²) in [5.41, 5.74) is 0.276. The third-order valence-electron chi connectivity index (χ3n) is 3.64. The quantitative estimate of drug-likeness (QED) is 0.491. The van der Waals surface area contributed by atoms with E-state index < -0.39 is 22.4 Å². The van der Waals surface area contributed by atoms with Crippen molar-refractivity contribution in [2.24, 2.45) is 0 Å². The number of fused-ring (bicyclic) bond motifs is 1. The molecule has 2 aromatic carbocycles. The summed E-state index contributed by atoms with van der Waals surface area (Å²) in [5.74, 6) is -1.31. The van der Waals surface area contributed by atoms with Gasteiger partial charge in [0.05, 0.1) is 28.7 Å². The van der Waals surface area contributed by atoms with Gasteiger partial charge in [-0.1, -0.05) is 24.3 Å². The molecule has 1 aliphatic rings. The number of carbonyl (C=O) groups is 2. The van der Waals surface area contributed by atoms with Gasteiger partial charge in [0.15, 0.2) is 0 Å². The lowest BCUT2D eigenvalue weighted by molar-refractivity contribution is -0.385. The molecule has 3 rings (SSSR count). The highest BCUT2D eigenvalue weighted by atomic mass is 16.6. The highest BCUT2D eigenvalue weighted by molar-refractivity contribution is 6.23. The van der Waals surface area contributed by atoms with Crippen LogP contribution in [0.1, 0.15) is 31.8 Å². The van der Waals surface area contributed by atoms with Gasteiger partial charge in [-0.25, -0.2) is 0 Å². The maximum Gasteiger partial charge on any atom is 0.282 e. The molecule has 0 spiro atoms. The first-order valence-electron chi connectivity index (χ1n) is 6.66. The van der Waals surface area contributed by atoms with Crippen molar-refractivity contribution in [2.75, 3.05) is 0 Å². The number of carbonyl (C=O) groups excluding carboxylic acids is 2. The van der Waals surface area contributed by atoms with Crippen LogP contribution in [0.25, 0.3) is 0 Å². The minimum atomic E-state index is -0.718. The molecule has 23 heavy (non-hydrogen) atoms. The first kappa shape index (κ1) is 14.4. The summed E-state index contributed by atoms with van der Waals surface area (Å²) >= 11 is 0. The average Bonchev–Trinajstić information content (AvgIpc) is 2.80. The summed E-state index contributed by atoms with van der Waals surface area (Å²) < 4.78 is 0. The number of nitrogens with zero attached hydrogens (tertiary/aromatic N) is 3. The molecule has 0 aliphatic carbocycles. The normalized spacial score (nSPS) is 12.9. The van der Waals surface area contributed by atoms with E-state index in [4.69, 9.17) is 5.26 Å². The number of amides is 2. The van der Waals surface area contributed by atoms with Crippen LogP contribution >= 0.6 is 0 Å². The second-order valence-electron chi connectivity index (χ2n) is 4.92. The first-order chi connectivity index (χ1) is 11.0. The second-order valence-corrected chi connectivity index (χ2v) is 4.92. The molecule has 112 valence electrons. The van der Waals surface area contributed by atoms with E-state index in [2.05, 4.69) is 0 Å². The number of nitriles is 1.